The number of hydrogen-bond acceptors (Lipinski definition) is 4. The molecule has 1 aromatic carbocycles. The molecule has 0 fully saturated rings. The normalized spacial score (nSPS) is 10.1. The standard InChI is InChI=1S/C12H12O4/c1-15-11-7-9(3-5-10(11)8-13)4-6-12(14)16-2/h3-8H,1-2H3/b6-4+. The van der Waals surface area contributed by atoms with Crippen molar-refractivity contribution < 1.29 is 19.1 Å². The third kappa shape index (κ3) is 2.95. The van der Waals surface area contributed by atoms with Gasteiger partial charge in [0.1, 0.15) is 5.75 Å². The second-order valence-electron chi connectivity index (χ2n) is 2.98. The van der Waals surface area contributed by atoms with Gasteiger partial charge in [0, 0.05) is 6.08 Å². The van der Waals surface area contributed by atoms with Gasteiger partial charge in [-0.2, -0.15) is 0 Å². The summed E-state index contributed by atoms with van der Waals surface area (Å²) in [6, 6.07) is 5.01. The molecule has 0 aliphatic rings. The summed E-state index contributed by atoms with van der Waals surface area (Å²) in [6.07, 6.45) is 3.60. The van der Waals surface area contributed by atoms with Crippen LogP contribution in [0.5, 0.6) is 5.75 Å². The summed E-state index contributed by atoms with van der Waals surface area (Å²) >= 11 is 0. The number of carbonyl (C=O) groups is 2. The molecule has 0 N–H and O–H groups in total. The molecule has 0 atom stereocenters. The van der Waals surface area contributed by atoms with Crippen LogP contribution in [0.3, 0.4) is 0 Å². The lowest BCUT2D eigenvalue weighted by molar-refractivity contribution is -0.134. The van der Waals surface area contributed by atoms with E-state index in [1.807, 2.05) is 0 Å². The van der Waals surface area contributed by atoms with Gasteiger partial charge in [0.25, 0.3) is 0 Å². The van der Waals surface area contributed by atoms with Gasteiger partial charge in [-0.3, -0.25) is 4.79 Å². The summed E-state index contributed by atoms with van der Waals surface area (Å²) in [5.41, 5.74) is 1.23. The number of benzene rings is 1. The quantitative estimate of drug-likeness (QED) is 0.440. The van der Waals surface area contributed by atoms with Crippen molar-refractivity contribution in [3.63, 3.8) is 0 Å². The zero-order chi connectivity index (χ0) is 12.0. The number of methoxy groups -OCH3 is 2. The highest BCUT2D eigenvalue weighted by Gasteiger charge is 2.01. The van der Waals surface area contributed by atoms with E-state index in [4.69, 9.17) is 4.74 Å². The van der Waals surface area contributed by atoms with Crippen LogP contribution >= 0.6 is 0 Å². The van der Waals surface area contributed by atoms with Crippen molar-refractivity contribution in [1.82, 2.24) is 0 Å². The van der Waals surface area contributed by atoms with E-state index < -0.39 is 5.97 Å². The van der Waals surface area contributed by atoms with E-state index in [0.29, 0.717) is 17.6 Å². The van der Waals surface area contributed by atoms with E-state index in [0.717, 1.165) is 5.56 Å². The first kappa shape index (κ1) is 12.0. The van der Waals surface area contributed by atoms with E-state index in [-0.39, 0.29) is 0 Å². The number of esters is 1. The van der Waals surface area contributed by atoms with Crippen LogP contribution in [0, 0.1) is 0 Å². The van der Waals surface area contributed by atoms with Crippen molar-refractivity contribution in [2.75, 3.05) is 14.2 Å². The number of hydrogen-bond donors (Lipinski definition) is 0. The van der Waals surface area contributed by atoms with Gasteiger partial charge in [-0.15, -0.1) is 0 Å². The van der Waals surface area contributed by atoms with Gasteiger partial charge < -0.3 is 9.47 Å². The second-order valence-corrected chi connectivity index (χ2v) is 2.98. The van der Waals surface area contributed by atoms with Crippen LogP contribution < -0.4 is 4.74 Å². The molecule has 0 bridgehead atoms. The molecule has 0 aliphatic heterocycles. The maximum absolute atomic E-state index is 10.9. The van der Waals surface area contributed by atoms with Crippen molar-refractivity contribution in [1.29, 1.82) is 0 Å². The van der Waals surface area contributed by atoms with E-state index in [9.17, 15) is 9.59 Å². The van der Waals surface area contributed by atoms with Gasteiger partial charge >= 0.3 is 5.97 Å². The molecule has 0 saturated heterocycles. The zero-order valence-electron chi connectivity index (χ0n) is 9.10. The molecule has 0 aromatic heterocycles. The van der Waals surface area contributed by atoms with Crippen molar-refractivity contribution >= 4 is 18.3 Å². The van der Waals surface area contributed by atoms with Crippen LogP contribution in [0.1, 0.15) is 15.9 Å². The van der Waals surface area contributed by atoms with E-state index in [1.54, 1.807) is 24.3 Å². The van der Waals surface area contributed by atoms with Crippen molar-refractivity contribution in [2.24, 2.45) is 0 Å². The first-order chi connectivity index (χ1) is 7.71. The highest BCUT2D eigenvalue weighted by atomic mass is 16.5. The third-order valence-corrected chi connectivity index (χ3v) is 2.00. The van der Waals surface area contributed by atoms with Crippen LogP contribution in [-0.2, 0) is 9.53 Å². The van der Waals surface area contributed by atoms with Crippen LogP contribution in [0.2, 0.25) is 0 Å². The lowest BCUT2D eigenvalue weighted by atomic mass is 10.1. The summed E-state index contributed by atoms with van der Waals surface area (Å²) in [5, 5.41) is 0. The Morgan fingerprint density at radius 2 is 2.06 bits per heavy atom. The largest absolute Gasteiger partial charge is 0.496 e. The Balaban J connectivity index is 2.95. The maximum atomic E-state index is 10.9. The van der Waals surface area contributed by atoms with E-state index >= 15 is 0 Å². The monoisotopic (exact) mass is 220 g/mol. The maximum Gasteiger partial charge on any atom is 0.330 e. The average molecular weight is 220 g/mol. The summed E-state index contributed by atoms with van der Waals surface area (Å²) in [6.45, 7) is 0. The van der Waals surface area contributed by atoms with Crippen molar-refractivity contribution in [3.8, 4) is 5.75 Å². The molecule has 84 valence electrons. The van der Waals surface area contributed by atoms with E-state index in [2.05, 4.69) is 4.74 Å². The summed E-state index contributed by atoms with van der Waals surface area (Å²) in [4.78, 5) is 21.5. The third-order valence-electron chi connectivity index (χ3n) is 2.00. The molecule has 0 aliphatic carbocycles. The summed E-state index contributed by atoms with van der Waals surface area (Å²) in [7, 11) is 2.79. The lowest BCUT2D eigenvalue weighted by Gasteiger charge is -2.03. The Kier molecular flexibility index (Phi) is 4.27. The zero-order valence-corrected chi connectivity index (χ0v) is 9.10. The molecule has 0 heterocycles. The number of ether oxygens (including phenoxy) is 2. The van der Waals surface area contributed by atoms with Crippen LogP contribution in [-0.4, -0.2) is 26.5 Å². The molecular weight excluding hydrogens is 208 g/mol. The number of carbonyl (C=O) groups excluding carboxylic acids is 2. The highest BCUT2D eigenvalue weighted by molar-refractivity contribution is 5.87. The van der Waals surface area contributed by atoms with Crippen molar-refractivity contribution in [3.05, 3.63) is 35.4 Å². The molecule has 0 unspecified atom stereocenters. The first-order valence-electron chi connectivity index (χ1n) is 4.60. The topological polar surface area (TPSA) is 52.6 Å². The summed E-state index contributed by atoms with van der Waals surface area (Å²) < 4.78 is 9.49. The minimum absolute atomic E-state index is 0.432. The Labute approximate surface area is 93.5 Å². The number of rotatable bonds is 4. The molecule has 1 aromatic rings. The average Bonchev–Trinajstić information content (AvgIpc) is 2.35. The van der Waals surface area contributed by atoms with Gasteiger partial charge in [0.15, 0.2) is 6.29 Å². The lowest BCUT2D eigenvalue weighted by Crippen LogP contribution is -1.94. The Bertz CT molecular complexity index is 421. The van der Waals surface area contributed by atoms with Crippen LogP contribution in [0.15, 0.2) is 24.3 Å². The molecule has 0 amide bonds. The fourth-order valence-electron chi connectivity index (χ4n) is 1.16. The van der Waals surface area contributed by atoms with Crippen LogP contribution in [0.25, 0.3) is 6.08 Å². The van der Waals surface area contributed by atoms with Gasteiger partial charge in [-0.1, -0.05) is 6.07 Å². The fourth-order valence-corrected chi connectivity index (χ4v) is 1.16. The van der Waals surface area contributed by atoms with Crippen molar-refractivity contribution in [2.45, 2.75) is 0 Å². The van der Waals surface area contributed by atoms with Gasteiger partial charge in [-0.05, 0) is 23.8 Å². The SMILES string of the molecule is COC(=O)/C=C/c1ccc(C=O)c(OC)c1. The van der Waals surface area contributed by atoms with Crippen LogP contribution in [0.4, 0.5) is 0 Å². The predicted octanol–water partition coefficient (Wildman–Crippen LogP) is 1.69. The summed E-state index contributed by atoms with van der Waals surface area (Å²) in [5.74, 6) is 0.0421. The molecule has 4 heteroatoms. The van der Waals surface area contributed by atoms with Gasteiger partial charge in [-0.25, -0.2) is 4.79 Å². The van der Waals surface area contributed by atoms with E-state index in [1.165, 1.54) is 20.3 Å². The van der Waals surface area contributed by atoms with Gasteiger partial charge in [0.2, 0.25) is 0 Å². The minimum atomic E-state index is -0.432. The number of aldehydes is 1. The molecule has 1 rings (SSSR count). The molecule has 4 nitrogen and oxygen atoms in total. The predicted molar refractivity (Wildman–Crippen MR) is 59.4 cm³/mol. The second kappa shape index (κ2) is 5.70. The van der Waals surface area contributed by atoms with Gasteiger partial charge in [0.05, 0.1) is 19.8 Å². The molecule has 16 heavy (non-hydrogen) atoms. The first-order valence-corrected chi connectivity index (χ1v) is 4.60. The Hall–Kier alpha value is -2.10. The smallest absolute Gasteiger partial charge is 0.330 e. The molecular formula is C12H12O4. The fraction of sp³-hybridized carbons (Fsp3) is 0.167. The highest BCUT2D eigenvalue weighted by Crippen LogP contribution is 2.19. The molecule has 0 saturated carbocycles. The Morgan fingerprint density at radius 1 is 1.31 bits per heavy atom. The molecule has 0 radical (unpaired) electrons. The minimum Gasteiger partial charge on any atom is -0.496 e. The Morgan fingerprint density at radius 3 is 2.62 bits per heavy atom. The molecule has 0 spiro atoms.